The van der Waals surface area contributed by atoms with Gasteiger partial charge in [-0.25, -0.2) is 4.68 Å². The standard InChI is InChI=1S/C17H23N5O2/c18-14(23)7-9-21-16-13(10-20-21)11-4-1-2-5-12(11)17(24)22(16)15-6-3-8-19-15/h10,15,19H,1-9H2,(H2,18,23)/t15-/m1/s1. The highest BCUT2D eigenvalue weighted by Gasteiger charge is 2.27. The summed E-state index contributed by atoms with van der Waals surface area (Å²) in [6.07, 6.45) is 8.05. The second-order valence-electron chi connectivity index (χ2n) is 6.77. The Labute approximate surface area is 139 Å². The van der Waals surface area contributed by atoms with Crippen LogP contribution in [-0.4, -0.2) is 26.8 Å². The highest BCUT2D eigenvalue weighted by molar-refractivity contribution is 5.81. The van der Waals surface area contributed by atoms with Gasteiger partial charge < -0.3 is 5.73 Å². The van der Waals surface area contributed by atoms with Crippen LogP contribution < -0.4 is 16.6 Å². The minimum absolute atomic E-state index is 0.0104. The molecule has 24 heavy (non-hydrogen) atoms. The summed E-state index contributed by atoms with van der Waals surface area (Å²) in [5.74, 6) is -0.357. The molecule has 7 nitrogen and oxygen atoms in total. The zero-order chi connectivity index (χ0) is 16.7. The molecule has 4 rings (SSSR count). The van der Waals surface area contributed by atoms with E-state index in [4.69, 9.17) is 5.73 Å². The van der Waals surface area contributed by atoms with E-state index in [9.17, 15) is 9.59 Å². The number of pyridine rings is 1. The third kappa shape index (κ3) is 2.43. The smallest absolute Gasteiger partial charge is 0.256 e. The summed E-state index contributed by atoms with van der Waals surface area (Å²) in [7, 11) is 0. The maximum Gasteiger partial charge on any atom is 0.256 e. The number of amides is 1. The number of aryl methyl sites for hydroxylation is 2. The van der Waals surface area contributed by atoms with Crippen LogP contribution >= 0.6 is 0 Å². The number of carbonyl (C=O) groups excluding carboxylic acids is 1. The van der Waals surface area contributed by atoms with E-state index in [0.717, 1.165) is 67.2 Å². The van der Waals surface area contributed by atoms with Crippen LogP contribution in [0.5, 0.6) is 0 Å². The quantitative estimate of drug-likeness (QED) is 0.869. The Kier molecular flexibility index (Phi) is 3.88. The minimum atomic E-state index is -0.357. The molecule has 2 aliphatic rings. The van der Waals surface area contributed by atoms with Crippen molar-refractivity contribution in [3.8, 4) is 0 Å². The van der Waals surface area contributed by atoms with Crippen molar-refractivity contribution in [3.05, 3.63) is 27.7 Å². The fourth-order valence-corrected chi connectivity index (χ4v) is 4.08. The maximum absolute atomic E-state index is 13.2. The molecule has 2 aromatic heterocycles. The highest BCUT2D eigenvalue weighted by Crippen LogP contribution is 2.29. The summed E-state index contributed by atoms with van der Waals surface area (Å²) in [4.78, 5) is 24.4. The second kappa shape index (κ2) is 6.05. The van der Waals surface area contributed by atoms with Crippen molar-refractivity contribution in [1.82, 2.24) is 19.7 Å². The summed E-state index contributed by atoms with van der Waals surface area (Å²) in [6.45, 7) is 1.33. The molecule has 1 amide bonds. The molecular formula is C17H23N5O2. The van der Waals surface area contributed by atoms with Crippen molar-refractivity contribution in [1.29, 1.82) is 0 Å². The number of fused-ring (bicyclic) bond motifs is 3. The molecular weight excluding hydrogens is 306 g/mol. The van der Waals surface area contributed by atoms with Crippen LogP contribution in [0.1, 0.15) is 49.4 Å². The lowest BCUT2D eigenvalue weighted by Crippen LogP contribution is -2.35. The van der Waals surface area contributed by atoms with Gasteiger partial charge in [-0.2, -0.15) is 5.10 Å². The van der Waals surface area contributed by atoms with Crippen molar-refractivity contribution in [3.63, 3.8) is 0 Å². The van der Waals surface area contributed by atoms with E-state index < -0.39 is 0 Å². The van der Waals surface area contributed by atoms with Gasteiger partial charge in [0.1, 0.15) is 5.65 Å². The number of nitrogens with one attached hydrogen (secondary N) is 1. The van der Waals surface area contributed by atoms with Crippen molar-refractivity contribution < 1.29 is 4.79 Å². The zero-order valence-corrected chi connectivity index (χ0v) is 13.8. The number of primary amides is 1. The molecule has 3 heterocycles. The van der Waals surface area contributed by atoms with Crippen molar-refractivity contribution in [2.45, 2.75) is 57.7 Å². The van der Waals surface area contributed by atoms with Crippen LogP contribution in [0.25, 0.3) is 11.0 Å². The largest absolute Gasteiger partial charge is 0.370 e. The summed E-state index contributed by atoms with van der Waals surface area (Å²) in [5.41, 5.74) is 8.35. The van der Waals surface area contributed by atoms with Crippen LogP contribution in [0.15, 0.2) is 11.0 Å². The first-order chi connectivity index (χ1) is 11.7. The molecule has 0 saturated carbocycles. The van der Waals surface area contributed by atoms with Crippen LogP contribution in [0.2, 0.25) is 0 Å². The molecule has 0 bridgehead atoms. The van der Waals surface area contributed by atoms with E-state index in [1.54, 1.807) is 4.68 Å². The van der Waals surface area contributed by atoms with Gasteiger partial charge in [0.2, 0.25) is 5.91 Å². The molecule has 0 unspecified atom stereocenters. The molecule has 7 heteroatoms. The molecule has 1 aliphatic heterocycles. The first-order valence-corrected chi connectivity index (χ1v) is 8.80. The van der Waals surface area contributed by atoms with E-state index in [1.165, 1.54) is 0 Å². The number of hydrogen-bond acceptors (Lipinski definition) is 4. The summed E-state index contributed by atoms with van der Waals surface area (Å²) >= 11 is 0. The predicted octanol–water partition coefficient (Wildman–Crippen LogP) is 0.834. The third-order valence-electron chi connectivity index (χ3n) is 5.23. The molecule has 2 aromatic rings. The van der Waals surface area contributed by atoms with E-state index in [0.29, 0.717) is 6.54 Å². The molecule has 0 aromatic carbocycles. The van der Waals surface area contributed by atoms with E-state index in [1.807, 2.05) is 10.8 Å². The number of hydrogen-bond donors (Lipinski definition) is 2. The minimum Gasteiger partial charge on any atom is -0.370 e. The Bertz CT molecular complexity index is 845. The van der Waals surface area contributed by atoms with E-state index >= 15 is 0 Å². The van der Waals surface area contributed by atoms with Gasteiger partial charge in [-0.05, 0) is 50.6 Å². The molecule has 1 aliphatic carbocycles. The Morgan fingerprint density at radius 3 is 2.79 bits per heavy atom. The third-order valence-corrected chi connectivity index (χ3v) is 5.23. The molecule has 3 N–H and O–H groups in total. The van der Waals surface area contributed by atoms with Crippen LogP contribution in [0, 0.1) is 0 Å². The average Bonchev–Trinajstić information content (AvgIpc) is 3.23. The molecule has 1 atom stereocenters. The number of nitrogens with zero attached hydrogens (tertiary/aromatic N) is 3. The lowest BCUT2D eigenvalue weighted by molar-refractivity contribution is -0.118. The Balaban J connectivity index is 1.94. The Hall–Kier alpha value is -2.15. The molecule has 0 radical (unpaired) electrons. The van der Waals surface area contributed by atoms with Crippen LogP contribution in [0.3, 0.4) is 0 Å². The summed E-state index contributed by atoms with van der Waals surface area (Å²) < 4.78 is 3.65. The van der Waals surface area contributed by atoms with Crippen molar-refractivity contribution in [2.24, 2.45) is 5.73 Å². The number of nitrogens with two attached hydrogens (primary N) is 1. The van der Waals surface area contributed by atoms with Gasteiger partial charge in [-0.1, -0.05) is 0 Å². The highest BCUT2D eigenvalue weighted by atomic mass is 16.1. The van der Waals surface area contributed by atoms with E-state index in [-0.39, 0.29) is 24.1 Å². The van der Waals surface area contributed by atoms with Crippen molar-refractivity contribution in [2.75, 3.05) is 6.54 Å². The van der Waals surface area contributed by atoms with Crippen LogP contribution in [-0.2, 0) is 24.2 Å². The monoisotopic (exact) mass is 329 g/mol. The topological polar surface area (TPSA) is 94.9 Å². The first kappa shape index (κ1) is 15.4. The summed E-state index contributed by atoms with van der Waals surface area (Å²) in [6, 6.07) is 0. The van der Waals surface area contributed by atoms with Gasteiger partial charge in [0, 0.05) is 17.4 Å². The lowest BCUT2D eigenvalue weighted by Gasteiger charge is -2.23. The molecule has 128 valence electrons. The normalized spacial score (nSPS) is 20.4. The number of carbonyl (C=O) groups is 1. The van der Waals surface area contributed by atoms with Gasteiger partial charge in [0.05, 0.1) is 18.9 Å². The van der Waals surface area contributed by atoms with Gasteiger partial charge in [0.15, 0.2) is 0 Å². The fraction of sp³-hybridized carbons (Fsp3) is 0.588. The predicted molar refractivity (Wildman–Crippen MR) is 90.7 cm³/mol. The van der Waals surface area contributed by atoms with Gasteiger partial charge >= 0.3 is 0 Å². The first-order valence-electron chi connectivity index (χ1n) is 8.80. The summed E-state index contributed by atoms with van der Waals surface area (Å²) in [5, 5.41) is 8.95. The molecule has 1 saturated heterocycles. The van der Waals surface area contributed by atoms with Crippen LogP contribution in [0.4, 0.5) is 0 Å². The lowest BCUT2D eigenvalue weighted by atomic mass is 9.91. The maximum atomic E-state index is 13.2. The molecule has 0 spiro atoms. The second-order valence-corrected chi connectivity index (χ2v) is 6.77. The average molecular weight is 329 g/mol. The SMILES string of the molecule is NC(=O)CCn1ncc2c3c(c(=O)n([C@@H]4CCCN4)c21)CCCC3. The Morgan fingerprint density at radius 2 is 2.08 bits per heavy atom. The van der Waals surface area contributed by atoms with Crippen molar-refractivity contribution >= 4 is 16.9 Å². The number of rotatable bonds is 4. The molecule has 1 fully saturated rings. The van der Waals surface area contributed by atoms with E-state index in [2.05, 4.69) is 10.4 Å². The van der Waals surface area contributed by atoms with Gasteiger partial charge in [-0.15, -0.1) is 0 Å². The van der Waals surface area contributed by atoms with Gasteiger partial charge in [0.25, 0.3) is 5.56 Å². The zero-order valence-electron chi connectivity index (χ0n) is 13.8. The van der Waals surface area contributed by atoms with Gasteiger partial charge in [-0.3, -0.25) is 19.5 Å². The fourth-order valence-electron chi connectivity index (χ4n) is 4.08. The Morgan fingerprint density at radius 1 is 1.29 bits per heavy atom. The number of aromatic nitrogens is 3.